The number of nitrogens with zero attached hydrogens (tertiary/aromatic N) is 4. The second kappa shape index (κ2) is 8.47. The molecule has 1 aliphatic heterocycles. The van der Waals surface area contributed by atoms with Gasteiger partial charge in [0.05, 0.1) is 21.8 Å². The number of hydrazone groups is 1. The Labute approximate surface area is 185 Å². The van der Waals surface area contributed by atoms with Gasteiger partial charge in [0.1, 0.15) is 5.75 Å². The summed E-state index contributed by atoms with van der Waals surface area (Å²) in [6, 6.07) is 12.1. The summed E-state index contributed by atoms with van der Waals surface area (Å²) in [6.07, 6.45) is 2.98. The molecule has 0 spiro atoms. The Morgan fingerprint density at radius 1 is 1.17 bits per heavy atom. The molecule has 11 heteroatoms. The third-order valence-electron chi connectivity index (χ3n) is 3.97. The molecule has 0 bridgehead atoms. The second-order valence-corrected chi connectivity index (χ2v) is 7.93. The van der Waals surface area contributed by atoms with Crippen LogP contribution in [-0.4, -0.2) is 33.4 Å². The maximum Gasteiger partial charge on any atom is 0.247 e. The van der Waals surface area contributed by atoms with E-state index in [-0.39, 0.29) is 5.90 Å². The molecule has 30 heavy (non-hydrogen) atoms. The number of benzene rings is 2. The summed E-state index contributed by atoms with van der Waals surface area (Å²) in [5, 5.41) is 9.88. The third kappa shape index (κ3) is 4.33. The molecule has 0 radical (unpaired) electrons. The van der Waals surface area contributed by atoms with E-state index in [4.69, 9.17) is 32.1 Å². The number of nitrogens with one attached hydrogen (secondary N) is 1. The Kier molecular flexibility index (Phi) is 5.76. The van der Waals surface area contributed by atoms with E-state index in [1.54, 1.807) is 48.5 Å². The van der Waals surface area contributed by atoms with Crippen LogP contribution in [0.15, 0.2) is 53.8 Å². The molecule has 8 nitrogen and oxygen atoms in total. The first-order valence-electron chi connectivity index (χ1n) is 8.61. The van der Waals surface area contributed by atoms with E-state index in [0.29, 0.717) is 44.6 Å². The fourth-order valence-corrected chi connectivity index (χ4v) is 3.66. The van der Waals surface area contributed by atoms with Crippen LogP contribution in [0.3, 0.4) is 0 Å². The van der Waals surface area contributed by atoms with Gasteiger partial charge in [-0.3, -0.25) is 0 Å². The van der Waals surface area contributed by atoms with Gasteiger partial charge in [0.15, 0.2) is 11.6 Å². The number of rotatable bonds is 5. The van der Waals surface area contributed by atoms with Crippen LogP contribution in [0.25, 0.3) is 0 Å². The van der Waals surface area contributed by atoms with Crippen molar-refractivity contribution in [3.05, 3.63) is 64.3 Å². The van der Waals surface area contributed by atoms with E-state index in [1.165, 1.54) is 12.5 Å². The van der Waals surface area contributed by atoms with Gasteiger partial charge in [-0.15, -0.1) is 5.10 Å². The van der Waals surface area contributed by atoms with Crippen LogP contribution >= 0.6 is 23.2 Å². The minimum Gasteiger partial charge on any atom is -0.431 e. The van der Waals surface area contributed by atoms with Crippen molar-refractivity contribution in [2.24, 2.45) is 5.10 Å². The zero-order chi connectivity index (χ0) is 21.3. The Hall–Kier alpha value is -2.88. The van der Waals surface area contributed by atoms with E-state index in [9.17, 15) is 4.21 Å². The molecule has 1 atom stereocenters. The van der Waals surface area contributed by atoms with Crippen LogP contribution in [-0.2, 0) is 11.1 Å². The number of hydrogen-bond acceptors (Lipinski definition) is 8. The minimum absolute atomic E-state index is 0.252. The predicted molar refractivity (Wildman–Crippen MR) is 118 cm³/mol. The maximum atomic E-state index is 11.2. The van der Waals surface area contributed by atoms with E-state index in [0.717, 1.165) is 0 Å². The predicted octanol–water partition coefficient (Wildman–Crippen LogP) is 4.39. The highest BCUT2D eigenvalue weighted by atomic mass is 35.5. The van der Waals surface area contributed by atoms with Gasteiger partial charge in [-0.25, -0.2) is 14.2 Å². The smallest absolute Gasteiger partial charge is 0.247 e. The SMILES string of the molecule is CN1N=C(c2c(Cl)cccc2Cl)Oc2cnc(Nc3cccc(OS(C)=O)c3)nc21. The Morgan fingerprint density at radius 2 is 1.90 bits per heavy atom. The van der Waals surface area contributed by atoms with Crippen LogP contribution in [0.4, 0.5) is 17.5 Å². The van der Waals surface area contributed by atoms with E-state index < -0.39 is 11.1 Å². The minimum atomic E-state index is -1.42. The van der Waals surface area contributed by atoms with Gasteiger partial charge in [-0.05, 0) is 24.3 Å². The molecule has 154 valence electrons. The van der Waals surface area contributed by atoms with Gasteiger partial charge in [-0.2, -0.15) is 4.98 Å². The summed E-state index contributed by atoms with van der Waals surface area (Å²) < 4.78 is 22.3. The van der Waals surface area contributed by atoms with E-state index in [1.807, 2.05) is 6.07 Å². The first-order valence-corrected chi connectivity index (χ1v) is 10.8. The van der Waals surface area contributed by atoms with E-state index in [2.05, 4.69) is 20.4 Å². The first kappa shape index (κ1) is 20.4. The number of hydrogen-bond donors (Lipinski definition) is 1. The van der Waals surface area contributed by atoms with Gasteiger partial charge in [0.25, 0.3) is 0 Å². The normalized spacial score (nSPS) is 13.7. The molecule has 1 unspecified atom stereocenters. The van der Waals surface area contributed by atoms with Crippen LogP contribution in [0.1, 0.15) is 5.56 Å². The molecule has 0 amide bonds. The van der Waals surface area contributed by atoms with Crippen molar-refractivity contribution in [3.8, 4) is 11.5 Å². The van der Waals surface area contributed by atoms with Crippen molar-refractivity contribution in [2.45, 2.75) is 0 Å². The van der Waals surface area contributed by atoms with Crippen molar-refractivity contribution < 1.29 is 13.1 Å². The van der Waals surface area contributed by atoms with Gasteiger partial charge in [0.2, 0.25) is 22.9 Å². The first-order chi connectivity index (χ1) is 14.4. The molecule has 2 aromatic carbocycles. The highest BCUT2D eigenvalue weighted by molar-refractivity contribution is 7.79. The summed E-state index contributed by atoms with van der Waals surface area (Å²) in [7, 11) is 1.73. The molecular weight excluding hydrogens is 449 g/mol. The molecule has 2 heterocycles. The Bertz CT molecular complexity index is 1150. The molecule has 3 aromatic rings. The summed E-state index contributed by atoms with van der Waals surface area (Å²) in [5.74, 6) is 1.91. The molecule has 1 aliphatic rings. The van der Waals surface area contributed by atoms with Gasteiger partial charge in [-0.1, -0.05) is 35.3 Å². The molecule has 4 rings (SSSR count). The summed E-state index contributed by atoms with van der Waals surface area (Å²) in [5.41, 5.74) is 1.16. The van der Waals surface area contributed by atoms with Gasteiger partial charge >= 0.3 is 0 Å². The molecule has 0 fully saturated rings. The van der Waals surface area contributed by atoms with Crippen LogP contribution in [0, 0.1) is 0 Å². The van der Waals surface area contributed by atoms with Crippen LogP contribution < -0.4 is 19.2 Å². The average molecular weight is 464 g/mol. The number of fused-ring (bicyclic) bond motifs is 1. The Morgan fingerprint density at radius 3 is 2.63 bits per heavy atom. The number of ether oxygens (including phenoxy) is 1. The topological polar surface area (TPSA) is 88.9 Å². The fraction of sp³-hybridized carbons (Fsp3) is 0.105. The quantitative estimate of drug-likeness (QED) is 0.599. The molecular formula is C19H15Cl2N5O3S. The summed E-state index contributed by atoms with van der Waals surface area (Å²) in [4.78, 5) is 8.75. The lowest BCUT2D eigenvalue weighted by Gasteiger charge is -2.24. The van der Waals surface area contributed by atoms with Crippen LogP contribution in [0.2, 0.25) is 10.0 Å². The van der Waals surface area contributed by atoms with Crippen molar-refractivity contribution in [2.75, 3.05) is 23.6 Å². The van der Waals surface area contributed by atoms with Gasteiger partial charge < -0.3 is 14.2 Å². The summed E-state index contributed by atoms with van der Waals surface area (Å²) >= 11 is 11.1. The molecule has 0 aliphatic carbocycles. The Balaban J connectivity index is 1.59. The summed E-state index contributed by atoms with van der Waals surface area (Å²) in [6.45, 7) is 0. The molecule has 0 saturated heterocycles. The zero-order valence-electron chi connectivity index (χ0n) is 15.8. The van der Waals surface area contributed by atoms with Crippen molar-refractivity contribution in [1.29, 1.82) is 0 Å². The maximum absolute atomic E-state index is 11.2. The standard InChI is InChI=1S/C19H15Cl2N5O3S/c1-26-17-15(28-18(25-26)16-13(20)7-4-8-14(16)21)10-22-19(24-17)23-11-5-3-6-12(9-11)29-30(2)27/h3-10H,1-2H3,(H,22,23,24). The number of anilines is 3. The number of halogens is 2. The number of aromatic nitrogens is 2. The van der Waals surface area contributed by atoms with Crippen molar-refractivity contribution >= 4 is 57.6 Å². The molecule has 1 N–H and O–H groups in total. The van der Waals surface area contributed by atoms with Crippen molar-refractivity contribution in [3.63, 3.8) is 0 Å². The average Bonchev–Trinajstić information content (AvgIpc) is 2.68. The lowest BCUT2D eigenvalue weighted by molar-refractivity contribution is 0.525. The lowest BCUT2D eigenvalue weighted by atomic mass is 10.2. The highest BCUT2D eigenvalue weighted by Crippen LogP contribution is 2.34. The monoisotopic (exact) mass is 463 g/mol. The van der Waals surface area contributed by atoms with Crippen molar-refractivity contribution in [1.82, 2.24) is 9.97 Å². The lowest BCUT2D eigenvalue weighted by Crippen LogP contribution is -2.26. The second-order valence-electron chi connectivity index (χ2n) is 6.15. The highest BCUT2D eigenvalue weighted by Gasteiger charge is 2.25. The molecule has 1 aromatic heterocycles. The van der Waals surface area contributed by atoms with Gasteiger partial charge in [0, 0.05) is 25.1 Å². The van der Waals surface area contributed by atoms with Crippen LogP contribution in [0.5, 0.6) is 11.5 Å². The molecule has 0 saturated carbocycles. The largest absolute Gasteiger partial charge is 0.431 e. The zero-order valence-corrected chi connectivity index (χ0v) is 18.1. The fourth-order valence-electron chi connectivity index (χ4n) is 2.73. The third-order valence-corrected chi connectivity index (χ3v) is 5.03. The van der Waals surface area contributed by atoms with E-state index >= 15 is 0 Å².